The normalized spacial score (nSPS) is 9.27. The molecule has 0 aromatic heterocycles. The Morgan fingerprint density at radius 3 is 2.40 bits per heavy atom. The summed E-state index contributed by atoms with van der Waals surface area (Å²) in [5, 5.41) is 8.41. The van der Waals surface area contributed by atoms with Gasteiger partial charge in [0.25, 0.3) is 0 Å². The number of hydrogen-bond acceptors (Lipinski definition) is 1. The second-order valence-electron chi connectivity index (χ2n) is 3.29. The molecule has 0 saturated heterocycles. The number of benzene rings is 1. The molecule has 0 aliphatic carbocycles. The Morgan fingerprint density at radius 1 is 1.40 bits per heavy atom. The minimum Gasteiger partial charge on any atom is -0.481 e. The van der Waals surface area contributed by atoms with Gasteiger partial charge in [-0.05, 0) is 37.1 Å². The van der Waals surface area contributed by atoms with Crippen LogP contribution >= 0.6 is 0 Å². The van der Waals surface area contributed by atoms with Gasteiger partial charge in [-0.2, -0.15) is 0 Å². The van der Waals surface area contributed by atoms with Gasteiger partial charge in [-0.1, -0.05) is 11.8 Å². The third-order valence-corrected chi connectivity index (χ3v) is 1.95. The van der Waals surface area contributed by atoms with Gasteiger partial charge >= 0.3 is 5.97 Å². The predicted molar refractivity (Wildman–Crippen MR) is 55.0 cm³/mol. The molecule has 0 spiro atoms. The van der Waals surface area contributed by atoms with Gasteiger partial charge < -0.3 is 5.11 Å². The number of carboxylic acid groups (broad SMARTS) is 1. The Kier molecular flexibility index (Phi) is 3.46. The van der Waals surface area contributed by atoms with E-state index in [0.717, 1.165) is 11.1 Å². The molecule has 0 heterocycles. The van der Waals surface area contributed by atoms with Gasteiger partial charge in [0.1, 0.15) is 12.2 Å². The topological polar surface area (TPSA) is 37.3 Å². The molecule has 0 aliphatic heterocycles. The Morgan fingerprint density at radius 2 is 1.93 bits per heavy atom. The molecule has 78 valence electrons. The number of halogens is 1. The lowest BCUT2D eigenvalue weighted by Gasteiger charge is -2.02. The van der Waals surface area contributed by atoms with Crippen LogP contribution < -0.4 is 0 Å². The number of carbonyl (C=O) groups is 1. The van der Waals surface area contributed by atoms with Crippen LogP contribution in [-0.4, -0.2) is 11.1 Å². The lowest BCUT2D eigenvalue weighted by molar-refractivity contribution is -0.135. The summed E-state index contributed by atoms with van der Waals surface area (Å²) in [5.41, 5.74) is 2.16. The van der Waals surface area contributed by atoms with Crippen molar-refractivity contribution in [2.45, 2.75) is 20.3 Å². The lowest BCUT2D eigenvalue weighted by atomic mass is 10.0. The first-order valence-corrected chi connectivity index (χ1v) is 4.48. The van der Waals surface area contributed by atoms with Crippen LogP contribution in [0.2, 0.25) is 0 Å². The summed E-state index contributed by atoms with van der Waals surface area (Å²) in [5.74, 6) is 4.02. The minimum absolute atomic E-state index is 0.198. The highest BCUT2D eigenvalue weighted by molar-refractivity contribution is 5.70. The van der Waals surface area contributed by atoms with Gasteiger partial charge in [0.2, 0.25) is 0 Å². The molecule has 0 fully saturated rings. The molecular formula is C12H11FO2. The molecule has 0 atom stereocenters. The number of carboxylic acids is 1. The fourth-order valence-corrected chi connectivity index (χ4v) is 1.32. The fourth-order valence-electron chi connectivity index (χ4n) is 1.32. The van der Waals surface area contributed by atoms with E-state index >= 15 is 0 Å². The molecule has 0 unspecified atom stereocenters. The summed E-state index contributed by atoms with van der Waals surface area (Å²) in [6.07, 6.45) is -0.198. The van der Waals surface area contributed by atoms with E-state index in [1.165, 1.54) is 12.1 Å². The molecule has 1 rings (SSSR count). The Hall–Kier alpha value is -1.82. The van der Waals surface area contributed by atoms with E-state index in [2.05, 4.69) is 11.8 Å². The summed E-state index contributed by atoms with van der Waals surface area (Å²) in [6, 6.07) is 2.77. The van der Waals surface area contributed by atoms with Crippen molar-refractivity contribution in [2.75, 3.05) is 0 Å². The average molecular weight is 206 g/mol. The van der Waals surface area contributed by atoms with Gasteiger partial charge in [-0.25, -0.2) is 4.39 Å². The first kappa shape index (κ1) is 11.3. The zero-order chi connectivity index (χ0) is 11.4. The largest absolute Gasteiger partial charge is 0.481 e. The smallest absolute Gasteiger partial charge is 0.315 e. The van der Waals surface area contributed by atoms with Crippen LogP contribution in [0.5, 0.6) is 0 Å². The highest BCUT2D eigenvalue weighted by Crippen LogP contribution is 2.14. The van der Waals surface area contributed by atoms with Crippen molar-refractivity contribution in [3.8, 4) is 11.8 Å². The first-order valence-electron chi connectivity index (χ1n) is 4.48. The van der Waals surface area contributed by atoms with E-state index in [4.69, 9.17) is 5.11 Å². The summed E-state index contributed by atoms with van der Waals surface area (Å²) >= 11 is 0. The van der Waals surface area contributed by atoms with Crippen molar-refractivity contribution in [3.05, 3.63) is 34.6 Å². The number of aliphatic carboxylic acids is 1. The van der Waals surface area contributed by atoms with Crippen LogP contribution in [-0.2, 0) is 4.79 Å². The van der Waals surface area contributed by atoms with Crippen LogP contribution in [0.1, 0.15) is 23.1 Å². The minimum atomic E-state index is -0.958. The van der Waals surface area contributed by atoms with Crippen molar-refractivity contribution in [1.29, 1.82) is 0 Å². The second-order valence-corrected chi connectivity index (χ2v) is 3.29. The summed E-state index contributed by atoms with van der Waals surface area (Å²) in [6.45, 7) is 3.50. The molecule has 3 heteroatoms. The predicted octanol–water partition coefficient (Wildman–Crippen LogP) is 2.27. The summed E-state index contributed by atoms with van der Waals surface area (Å²) in [4.78, 5) is 10.3. The number of aryl methyl sites for hydroxylation is 2. The van der Waals surface area contributed by atoms with Gasteiger partial charge in [0, 0.05) is 5.56 Å². The van der Waals surface area contributed by atoms with Crippen molar-refractivity contribution in [1.82, 2.24) is 0 Å². The molecule has 1 N–H and O–H groups in total. The quantitative estimate of drug-likeness (QED) is 0.715. The zero-order valence-electron chi connectivity index (χ0n) is 8.60. The van der Waals surface area contributed by atoms with E-state index in [-0.39, 0.29) is 12.2 Å². The van der Waals surface area contributed by atoms with E-state index in [1.54, 1.807) is 13.8 Å². The van der Waals surface area contributed by atoms with Crippen LogP contribution in [0, 0.1) is 31.5 Å². The zero-order valence-corrected chi connectivity index (χ0v) is 8.60. The van der Waals surface area contributed by atoms with Gasteiger partial charge in [-0.3, -0.25) is 4.79 Å². The Labute approximate surface area is 87.7 Å². The van der Waals surface area contributed by atoms with E-state index in [1.807, 2.05) is 0 Å². The first-order chi connectivity index (χ1) is 7.00. The van der Waals surface area contributed by atoms with Gasteiger partial charge in [0.15, 0.2) is 0 Å². The van der Waals surface area contributed by atoms with Gasteiger partial charge in [0.05, 0.1) is 0 Å². The maximum absolute atomic E-state index is 12.9. The number of hydrogen-bond donors (Lipinski definition) is 1. The average Bonchev–Trinajstić information content (AvgIpc) is 2.08. The van der Waals surface area contributed by atoms with E-state index in [0.29, 0.717) is 5.56 Å². The van der Waals surface area contributed by atoms with Crippen molar-refractivity contribution in [3.63, 3.8) is 0 Å². The molecule has 2 nitrogen and oxygen atoms in total. The lowest BCUT2D eigenvalue weighted by Crippen LogP contribution is -1.92. The molecular weight excluding hydrogens is 195 g/mol. The third kappa shape index (κ3) is 3.10. The van der Waals surface area contributed by atoms with Crippen LogP contribution in [0.25, 0.3) is 0 Å². The maximum Gasteiger partial charge on any atom is 0.315 e. The molecule has 0 aliphatic rings. The Bertz CT molecular complexity index is 429. The van der Waals surface area contributed by atoms with E-state index < -0.39 is 5.97 Å². The van der Waals surface area contributed by atoms with E-state index in [9.17, 15) is 9.18 Å². The molecule has 0 bridgehead atoms. The van der Waals surface area contributed by atoms with Crippen LogP contribution in [0.3, 0.4) is 0 Å². The second kappa shape index (κ2) is 4.61. The SMILES string of the molecule is Cc1cc(F)cc(C)c1C#CCC(=O)O. The summed E-state index contributed by atoms with van der Waals surface area (Å²) in [7, 11) is 0. The fraction of sp³-hybridized carbons (Fsp3) is 0.250. The monoisotopic (exact) mass is 206 g/mol. The maximum atomic E-state index is 12.9. The third-order valence-electron chi connectivity index (χ3n) is 1.95. The van der Waals surface area contributed by atoms with Crippen molar-refractivity contribution < 1.29 is 14.3 Å². The Balaban J connectivity index is 3.03. The van der Waals surface area contributed by atoms with Crippen LogP contribution in [0.4, 0.5) is 4.39 Å². The molecule has 0 amide bonds. The van der Waals surface area contributed by atoms with Crippen molar-refractivity contribution >= 4 is 5.97 Å². The van der Waals surface area contributed by atoms with Crippen molar-refractivity contribution in [2.24, 2.45) is 0 Å². The number of rotatable bonds is 1. The molecule has 15 heavy (non-hydrogen) atoms. The van der Waals surface area contributed by atoms with Crippen LogP contribution in [0.15, 0.2) is 12.1 Å². The highest BCUT2D eigenvalue weighted by Gasteiger charge is 2.02. The van der Waals surface area contributed by atoms with Gasteiger partial charge in [-0.15, -0.1) is 0 Å². The molecule has 0 saturated carbocycles. The standard InChI is InChI=1S/C12H11FO2/c1-8-6-10(13)7-9(2)11(8)4-3-5-12(14)15/h6-7H,5H2,1-2H3,(H,14,15). The highest BCUT2D eigenvalue weighted by atomic mass is 19.1. The molecule has 0 radical (unpaired) electrons. The molecule has 1 aromatic carbocycles. The molecule has 1 aromatic rings. The summed E-state index contributed by atoms with van der Waals surface area (Å²) < 4.78 is 12.9.